The van der Waals surface area contributed by atoms with Crippen molar-refractivity contribution >= 4 is 15.7 Å². The molecular weight excluding hydrogens is 252 g/mol. The van der Waals surface area contributed by atoms with E-state index >= 15 is 0 Å². The second-order valence-corrected chi connectivity index (χ2v) is 7.73. The first-order valence-electron chi connectivity index (χ1n) is 6.69. The molecule has 2 aliphatic rings. The summed E-state index contributed by atoms with van der Waals surface area (Å²) < 4.78 is 22.6. The smallest absolute Gasteiger partial charge is 0.224 e. The number of carbonyl (C=O) groups excluding carboxylic acids is 1. The second-order valence-electron chi connectivity index (χ2n) is 5.51. The van der Waals surface area contributed by atoms with E-state index in [1.807, 2.05) is 6.92 Å². The molecule has 18 heavy (non-hydrogen) atoms. The van der Waals surface area contributed by atoms with Crippen LogP contribution in [0.1, 0.15) is 26.2 Å². The Morgan fingerprint density at radius 3 is 2.78 bits per heavy atom. The van der Waals surface area contributed by atoms with Crippen molar-refractivity contribution in [2.75, 3.05) is 24.6 Å². The van der Waals surface area contributed by atoms with Gasteiger partial charge in [0, 0.05) is 12.6 Å². The lowest BCUT2D eigenvalue weighted by Gasteiger charge is -2.29. The molecule has 1 amide bonds. The molecule has 0 aromatic rings. The summed E-state index contributed by atoms with van der Waals surface area (Å²) in [6.45, 7) is 3.51. The highest BCUT2D eigenvalue weighted by atomic mass is 32.2. The van der Waals surface area contributed by atoms with Crippen LogP contribution >= 0.6 is 0 Å². The Bertz CT molecular complexity index is 408. The van der Waals surface area contributed by atoms with E-state index in [1.54, 1.807) is 0 Å². The van der Waals surface area contributed by atoms with E-state index in [2.05, 4.69) is 10.6 Å². The van der Waals surface area contributed by atoms with Gasteiger partial charge in [0.15, 0.2) is 9.84 Å². The molecule has 0 saturated carbocycles. The summed E-state index contributed by atoms with van der Waals surface area (Å²) >= 11 is 0. The number of sulfone groups is 1. The van der Waals surface area contributed by atoms with Gasteiger partial charge in [-0.1, -0.05) is 0 Å². The third-order valence-corrected chi connectivity index (χ3v) is 5.83. The lowest BCUT2D eigenvalue weighted by Crippen LogP contribution is -2.47. The van der Waals surface area contributed by atoms with Crippen molar-refractivity contribution in [3.8, 4) is 0 Å². The molecule has 2 rings (SSSR count). The molecule has 0 aliphatic carbocycles. The summed E-state index contributed by atoms with van der Waals surface area (Å²) in [5, 5.41) is 6.22. The van der Waals surface area contributed by atoms with Gasteiger partial charge in [0.05, 0.1) is 17.4 Å². The van der Waals surface area contributed by atoms with Crippen molar-refractivity contribution < 1.29 is 13.2 Å². The average molecular weight is 274 g/mol. The monoisotopic (exact) mass is 274 g/mol. The number of hydrogen-bond donors (Lipinski definition) is 2. The Morgan fingerprint density at radius 1 is 1.39 bits per heavy atom. The number of rotatable bonds is 3. The van der Waals surface area contributed by atoms with Gasteiger partial charge < -0.3 is 10.6 Å². The minimum absolute atomic E-state index is 0.0248. The summed E-state index contributed by atoms with van der Waals surface area (Å²) in [5.74, 6) is 0.697. The Balaban J connectivity index is 1.78. The molecule has 2 aliphatic heterocycles. The van der Waals surface area contributed by atoms with Gasteiger partial charge >= 0.3 is 0 Å². The molecule has 6 heteroatoms. The fourth-order valence-electron chi connectivity index (χ4n) is 2.81. The summed E-state index contributed by atoms with van der Waals surface area (Å²) in [6, 6.07) is 0.214. The van der Waals surface area contributed by atoms with Gasteiger partial charge in [-0.3, -0.25) is 4.79 Å². The molecule has 3 atom stereocenters. The molecule has 2 saturated heterocycles. The van der Waals surface area contributed by atoms with Crippen molar-refractivity contribution in [3.63, 3.8) is 0 Å². The highest BCUT2D eigenvalue weighted by Gasteiger charge is 2.30. The van der Waals surface area contributed by atoms with E-state index < -0.39 is 9.84 Å². The van der Waals surface area contributed by atoms with Gasteiger partial charge in [-0.25, -0.2) is 8.42 Å². The highest BCUT2D eigenvalue weighted by Crippen LogP contribution is 2.19. The number of carbonyl (C=O) groups is 1. The first-order chi connectivity index (χ1) is 8.48. The van der Waals surface area contributed by atoms with Crippen LogP contribution in [-0.4, -0.2) is 45.0 Å². The Morgan fingerprint density at radius 2 is 2.17 bits per heavy atom. The predicted octanol–water partition coefficient (Wildman–Crippen LogP) is -0.0746. The topological polar surface area (TPSA) is 75.3 Å². The lowest BCUT2D eigenvalue weighted by atomic mass is 9.91. The zero-order chi connectivity index (χ0) is 13.2. The van der Waals surface area contributed by atoms with E-state index in [-0.39, 0.29) is 35.3 Å². The normalized spacial score (nSPS) is 35.3. The summed E-state index contributed by atoms with van der Waals surface area (Å²) in [7, 11) is -2.84. The molecule has 0 radical (unpaired) electrons. The van der Waals surface area contributed by atoms with Gasteiger partial charge in [0.1, 0.15) is 0 Å². The standard InChI is InChI=1S/C12H22N2O3S/c1-9-11(3-2-5-13-9)12(15)14-7-10-4-6-18(16,17)8-10/h9-11,13H,2-8H2,1H3,(H,14,15). The van der Waals surface area contributed by atoms with Gasteiger partial charge in [-0.15, -0.1) is 0 Å². The van der Waals surface area contributed by atoms with E-state index in [4.69, 9.17) is 0 Å². The van der Waals surface area contributed by atoms with Gasteiger partial charge in [-0.05, 0) is 38.6 Å². The number of hydrogen-bond acceptors (Lipinski definition) is 4. The van der Waals surface area contributed by atoms with E-state index in [0.717, 1.165) is 19.4 Å². The summed E-state index contributed by atoms with van der Waals surface area (Å²) in [5.41, 5.74) is 0. The van der Waals surface area contributed by atoms with E-state index in [9.17, 15) is 13.2 Å². The fourth-order valence-corrected chi connectivity index (χ4v) is 4.67. The first kappa shape index (κ1) is 13.8. The summed E-state index contributed by atoms with van der Waals surface area (Å²) in [6.07, 6.45) is 2.63. The van der Waals surface area contributed by atoms with E-state index in [0.29, 0.717) is 13.0 Å². The van der Waals surface area contributed by atoms with Gasteiger partial charge in [-0.2, -0.15) is 0 Å². The molecule has 2 heterocycles. The molecule has 104 valence electrons. The average Bonchev–Trinajstić information content (AvgIpc) is 2.66. The SMILES string of the molecule is CC1NCCCC1C(=O)NCC1CCS(=O)(=O)C1. The van der Waals surface area contributed by atoms with E-state index in [1.165, 1.54) is 0 Å². The van der Waals surface area contributed by atoms with Crippen molar-refractivity contribution in [1.29, 1.82) is 0 Å². The Hall–Kier alpha value is -0.620. The van der Waals surface area contributed by atoms with Crippen molar-refractivity contribution in [2.24, 2.45) is 11.8 Å². The highest BCUT2D eigenvalue weighted by molar-refractivity contribution is 7.91. The molecule has 5 nitrogen and oxygen atoms in total. The van der Waals surface area contributed by atoms with Crippen LogP contribution in [0.2, 0.25) is 0 Å². The zero-order valence-electron chi connectivity index (χ0n) is 10.8. The number of piperidine rings is 1. The molecule has 2 N–H and O–H groups in total. The minimum atomic E-state index is -2.84. The van der Waals surface area contributed by atoms with Crippen LogP contribution < -0.4 is 10.6 Å². The largest absolute Gasteiger partial charge is 0.356 e. The van der Waals surface area contributed by atoms with Gasteiger partial charge in [0.25, 0.3) is 0 Å². The van der Waals surface area contributed by atoms with Crippen LogP contribution in [0.25, 0.3) is 0 Å². The number of amides is 1. The van der Waals surface area contributed by atoms with Crippen LogP contribution in [-0.2, 0) is 14.6 Å². The quantitative estimate of drug-likeness (QED) is 0.755. The number of nitrogens with one attached hydrogen (secondary N) is 2. The van der Waals surface area contributed by atoms with Crippen LogP contribution in [0, 0.1) is 11.8 Å². The first-order valence-corrected chi connectivity index (χ1v) is 8.51. The fraction of sp³-hybridized carbons (Fsp3) is 0.917. The molecule has 0 spiro atoms. The summed E-state index contributed by atoms with van der Waals surface area (Å²) in [4.78, 5) is 12.0. The Labute approximate surface area is 109 Å². The van der Waals surface area contributed by atoms with Crippen molar-refractivity contribution in [3.05, 3.63) is 0 Å². The van der Waals surface area contributed by atoms with Crippen LogP contribution in [0.4, 0.5) is 0 Å². The third-order valence-electron chi connectivity index (χ3n) is 3.99. The lowest BCUT2D eigenvalue weighted by molar-refractivity contribution is -0.126. The molecule has 0 aromatic heterocycles. The molecule has 2 fully saturated rings. The maximum absolute atomic E-state index is 12.0. The zero-order valence-corrected chi connectivity index (χ0v) is 11.6. The maximum atomic E-state index is 12.0. The van der Waals surface area contributed by atoms with Gasteiger partial charge in [0.2, 0.25) is 5.91 Å². The third kappa shape index (κ3) is 3.45. The molecule has 0 aromatic carbocycles. The minimum Gasteiger partial charge on any atom is -0.356 e. The maximum Gasteiger partial charge on any atom is 0.224 e. The van der Waals surface area contributed by atoms with Crippen LogP contribution in [0.15, 0.2) is 0 Å². The predicted molar refractivity (Wildman–Crippen MR) is 70.0 cm³/mol. The molecule has 0 bridgehead atoms. The molecule has 3 unspecified atom stereocenters. The van der Waals surface area contributed by atoms with Crippen LogP contribution in [0.5, 0.6) is 0 Å². The molecular formula is C12H22N2O3S. The van der Waals surface area contributed by atoms with Crippen molar-refractivity contribution in [2.45, 2.75) is 32.2 Å². The Kier molecular flexibility index (Phi) is 4.27. The second kappa shape index (κ2) is 5.57. The van der Waals surface area contributed by atoms with Crippen molar-refractivity contribution in [1.82, 2.24) is 10.6 Å². The van der Waals surface area contributed by atoms with Crippen LogP contribution in [0.3, 0.4) is 0 Å².